The normalized spacial score (nSPS) is 12.3. The molecule has 162 valence electrons. The van der Waals surface area contributed by atoms with E-state index in [0.717, 1.165) is 5.69 Å². The van der Waals surface area contributed by atoms with E-state index in [1.165, 1.54) is 5.56 Å². The molecule has 0 saturated carbocycles. The van der Waals surface area contributed by atoms with Crippen molar-refractivity contribution in [2.75, 3.05) is 12.0 Å². The number of amides is 1. The van der Waals surface area contributed by atoms with Crippen LogP contribution in [0.25, 0.3) is 0 Å². The predicted octanol–water partition coefficient (Wildman–Crippen LogP) is 6.04. The number of rotatable bonds is 6. The Hall–Kier alpha value is -3.05. The van der Waals surface area contributed by atoms with Crippen molar-refractivity contribution >= 4 is 28.9 Å². The molecule has 0 fully saturated rings. The number of methoxy groups -OCH3 is 1. The molecule has 1 heterocycles. The van der Waals surface area contributed by atoms with Crippen LogP contribution in [0.1, 0.15) is 55.4 Å². The van der Waals surface area contributed by atoms with E-state index >= 15 is 0 Å². The van der Waals surface area contributed by atoms with Crippen LogP contribution in [0.5, 0.6) is 5.75 Å². The smallest absolute Gasteiger partial charge is 0.250 e. The Balaban J connectivity index is 2.23. The number of benzene rings is 2. The van der Waals surface area contributed by atoms with Gasteiger partial charge in [-0.2, -0.15) is 0 Å². The minimum absolute atomic E-state index is 0.0215. The summed E-state index contributed by atoms with van der Waals surface area (Å²) in [6.07, 6.45) is 1.71. The summed E-state index contributed by atoms with van der Waals surface area (Å²) < 4.78 is 5.43. The van der Waals surface area contributed by atoms with Crippen LogP contribution in [-0.2, 0) is 5.41 Å². The van der Waals surface area contributed by atoms with Crippen molar-refractivity contribution in [3.8, 4) is 5.75 Å². The summed E-state index contributed by atoms with van der Waals surface area (Å²) in [5.41, 5.74) is 9.56. The van der Waals surface area contributed by atoms with Gasteiger partial charge in [0.2, 0.25) is 0 Å². The summed E-state index contributed by atoms with van der Waals surface area (Å²) >= 11 is 6.48. The topological polar surface area (TPSA) is 68.5 Å². The first-order chi connectivity index (χ1) is 14.6. The van der Waals surface area contributed by atoms with E-state index in [-0.39, 0.29) is 11.5 Å². The first-order valence-corrected chi connectivity index (χ1v) is 10.5. The average molecular weight is 438 g/mol. The lowest BCUT2D eigenvalue weighted by atomic mass is 9.87. The Kier molecular flexibility index (Phi) is 6.56. The molecule has 2 aromatic carbocycles. The second kappa shape index (κ2) is 8.98. The number of nitrogens with zero attached hydrogens (tertiary/aromatic N) is 2. The van der Waals surface area contributed by atoms with E-state index in [0.29, 0.717) is 27.7 Å². The molecule has 3 aromatic rings. The SMILES string of the molecule is COc1ccc(C(N)=O)c(N(c2ccc(C(C)(C)C)cc2)C(C)c2ncccc2Cl)c1. The third-order valence-electron chi connectivity index (χ3n) is 5.31. The van der Waals surface area contributed by atoms with Gasteiger partial charge in [-0.1, -0.05) is 44.5 Å². The third-order valence-corrected chi connectivity index (χ3v) is 5.63. The summed E-state index contributed by atoms with van der Waals surface area (Å²) in [6.45, 7) is 8.51. The van der Waals surface area contributed by atoms with Gasteiger partial charge in [0, 0.05) is 18.0 Å². The number of halogens is 1. The van der Waals surface area contributed by atoms with Crippen molar-refractivity contribution in [3.05, 3.63) is 82.6 Å². The molecule has 0 bridgehead atoms. The molecule has 1 atom stereocenters. The van der Waals surface area contributed by atoms with Gasteiger partial charge in [-0.15, -0.1) is 0 Å². The average Bonchev–Trinajstić information content (AvgIpc) is 2.73. The number of carbonyl (C=O) groups is 1. The minimum atomic E-state index is -0.520. The number of aromatic nitrogens is 1. The van der Waals surface area contributed by atoms with Gasteiger partial charge < -0.3 is 15.4 Å². The van der Waals surface area contributed by atoms with Crippen molar-refractivity contribution in [1.29, 1.82) is 0 Å². The lowest BCUT2D eigenvalue weighted by Crippen LogP contribution is -2.26. The molecule has 2 N–H and O–H groups in total. The zero-order valence-corrected chi connectivity index (χ0v) is 19.3. The Labute approximate surface area is 188 Å². The zero-order chi connectivity index (χ0) is 22.8. The molecule has 1 amide bonds. The van der Waals surface area contributed by atoms with Crippen LogP contribution in [-0.4, -0.2) is 18.0 Å². The van der Waals surface area contributed by atoms with E-state index in [1.807, 2.05) is 36.1 Å². The molecule has 0 saturated heterocycles. The van der Waals surface area contributed by atoms with Gasteiger partial charge in [-0.3, -0.25) is 9.78 Å². The van der Waals surface area contributed by atoms with E-state index < -0.39 is 5.91 Å². The van der Waals surface area contributed by atoms with Crippen molar-refractivity contribution in [2.45, 2.75) is 39.2 Å². The summed E-state index contributed by atoms with van der Waals surface area (Å²) in [4.78, 5) is 18.8. The van der Waals surface area contributed by atoms with E-state index in [9.17, 15) is 4.79 Å². The molecule has 5 nitrogen and oxygen atoms in total. The van der Waals surface area contributed by atoms with Crippen molar-refractivity contribution in [2.24, 2.45) is 5.73 Å². The molecule has 3 rings (SSSR count). The number of anilines is 2. The van der Waals surface area contributed by atoms with Gasteiger partial charge in [0.15, 0.2) is 0 Å². The maximum absolute atomic E-state index is 12.3. The monoisotopic (exact) mass is 437 g/mol. The Morgan fingerprint density at radius 3 is 2.35 bits per heavy atom. The lowest BCUT2D eigenvalue weighted by molar-refractivity contribution is 0.100. The number of ether oxygens (including phenoxy) is 1. The number of pyridine rings is 1. The van der Waals surface area contributed by atoms with E-state index in [4.69, 9.17) is 22.1 Å². The molecule has 0 spiro atoms. The lowest BCUT2D eigenvalue weighted by Gasteiger charge is -2.33. The number of hydrogen-bond donors (Lipinski definition) is 1. The molecular weight excluding hydrogens is 410 g/mol. The van der Waals surface area contributed by atoms with Gasteiger partial charge in [-0.05, 0) is 54.3 Å². The van der Waals surface area contributed by atoms with Crippen LogP contribution < -0.4 is 15.4 Å². The van der Waals surface area contributed by atoms with Crippen LogP contribution in [0.4, 0.5) is 11.4 Å². The second-order valence-electron chi connectivity index (χ2n) is 8.46. The fourth-order valence-corrected chi connectivity index (χ4v) is 3.85. The van der Waals surface area contributed by atoms with Crippen LogP contribution in [0.15, 0.2) is 60.8 Å². The van der Waals surface area contributed by atoms with E-state index in [1.54, 1.807) is 31.5 Å². The largest absolute Gasteiger partial charge is 0.497 e. The van der Waals surface area contributed by atoms with Crippen LogP contribution in [0.3, 0.4) is 0 Å². The van der Waals surface area contributed by atoms with Gasteiger partial charge in [0.05, 0.1) is 35.1 Å². The predicted molar refractivity (Wildman–Crippen MR) is 126 cm³/mol. The number of hydrogen-bond acceptors (Lipinski definition) is 4. The highest BCUT2D eigenvalue weighted by Crippen LogP contribution is 2.40. The molecule has 0 aliphatic carbocycles. The molecular formula is C25H28ClN3O2. The summed E-state index contributed by atoms with van der Waals surface area (Å²) in [6, 6.07) is 16.8. The number of nitrogens with two attached hydrogens (primary N) is 1. The van der Waals surface area contributed by atoms with Crippen LogP contribution in [0.2, 0.25) is 5.02 Å². The standard InChI is InChI=1S/C25H28ClN3O2/c1-16(23-21(26)7-6-14-28-23)29(18-10-8-17(9-11-18)25(2,3)4)22-15-19(31-5)12-13-20(22)24(27)30/h6-16H,1-5H3,(H2,27,30). The van der Waals surface area contributed by atoms with Crippen molar-refractivity contribution in [3.63, 3.8) is 0 Å². The summed E-state index contributed by atoms with van der Waals surface area (Å²) in [5.74, 6) is 0.101. The Bertz CT molecular complexity index is 1070. The molecule has 0 aliphatic rings. The maximum atomic E-state index is 12.3. The molecule has 1 unspecified atom stereocenters. The summed E-state index contributed by atoms with van der Waals surface area (Å²) in [7, 11) is 1.59. The van der Waals surface area contributed by atoms with Crippen LogP contribution in [0, 0.1) is 0 Å². The molecule has 6 heteroatoms. The highest BCUT2D eigenvalue weighted by molar-refractivity contribution is 6.31. The fraction of sp³-hybridized carbons (Fsp3) is 0.280. The number of primary amides is 1. The number of carbonyl (C=O) groups excluding carboxylic acids is 1. The Morgan fingerprint density at radius 1 is 1.13 bits per heavy atom. The van der Waals surface area contributed by atoms with Gasteiger partial charge in [0.25, 0.3) is 5.91 Å². The zero-order valence-electron chi connectivity index (χ0n) is 18.5. The van der Waals surface area contributed by atoms with Gasteiger partial charge >= 0.3 is 0 Å². The quantitative estimate of drug-likeness (QED) is 0.510. The first kappa shape index (κ1) is 22.6. The summed E-state index contributed by atoms with van der Waals surface area (Å²) in [5, 5.41) is 0.551. The molecule has 0 radical (unpaired) electrons. The highest BCUT2D eigenvalue weighted by atomic mass is 35.5. The van der Waals surface area contributed by atoms with Gasteiger partial charge in [-0.25, -0.2) is 0 Å². The first-order valence-electron chi connectivity index (χ1n) is 10.1. The van der Waals surface area contributed by atoms with Crippen molar-refractivity contribution < 1.29 is 9.53 Å². The minimum Gasteiger partial charge on any atom is -0.497 e. The third kappa shape index (κ3) is 4.83. The fourth-order valence-electron chi connectivity index (χ4n) is 3.57. The van der Waals surface area contributed by atoms with Crippen LogP contribution >= 0.6 is 11.6 Å². The Morgan fingerprint density at radius 2 is 1.81 bits per heavy atom. The maximum Gasteiger partial charge on any atom is 0.250 e. The van der Waals surface area contributed by atoms with Crippen molar-refractivity contribution in [1.82, 2.24) is 4.98 Å². The highest BCUT2D eigenvalue weighted by Gasteiger charge is 2.26. The molecule has 1 aromatic heterocycles. The molecule has 31 heavy (non-hydrogen) atoms. The molecule has 0 aliphatic heterocycles. The second-order valence-corrected chi connectivity index (χ2v) is 8.87. The van der Waals surface area contributed by atoms with E-state index in [2.05, 4.69) is 37.9 Å². The van der Waals surface area contributed by atoms with Gasteiger partial charge in [0.1, 0.15) is 5.75 Å².